The number of aromatic amines is 1. The third-order valence-corrected chi connectivity index (χ3v) is 14.5. The number of aliphatic hydroxyl groups excluding tert-OH is 1. The van der Waals surface area contributed by atoms with Crippen LogP contribution in [0.15, 0.2) is 36.8 Å². The van der Waals surface area contributed by atoms with Crippen LogP contribution >= 0.6 is 50.5 Å². The summed E-state index contributed by atoms with van der Waals surface area (Å²) in [6.07, 6.45) is 2.59. The normalized spacial score (nSPS) is 16.3. The van der Waals surface area contributed by atoms with Gasteiger partial charge in [0.25, 0.3) is 0 Å². The fourth-order valence-electron chi connectivity index (χ4n) is 8.26. The molecule has 1 aromatic heterocycles. The van der Waals surface area contributed by atoms with Gasteiger partial charge in [-0.05, 0) is 63.3 Å². The number of primary amides is 1. The molecule has 1 fully saturated rings. The summed E-state index contributed by atoms with van der Waals surface area (Å²) in [5.74, 6) is -13.6. The number of nitrogens with one attached hydrogen (secondary N) is 11. The summed E-state index contributed by atoms with van der Waals surface area (Å²) >= 11 is 16.2. The van der Waals surface area contributed by atoms with Crippen LogP contribution < -0.4 is 70.4 Å². The number of carbonyl (C=O) groups excluding carboxylic acids is 12. The number of thiol groups is 4. The summed E-state index contributed by atoms with van der Waals surface area (Å²) in [6, 6.07) is -10.2. The molecule has 86 heavy (non-hydrogen) atoms. The molecule has 0 unspecified atom stereocenters. The van der Waals surface area contributed by atoms with Crippen LogP contribution in [0.1, 0.15) is 56.7 Å². The van der Waals surface area contributed by atoms with Crippen molar-refractivity contribution in [1.29, 1.82) is 0 Å². The van der Waals surface area contributed by atoms with Gasteiger partial charge in [0.05, 0.1) is 37.6 Å². The number of rotatable bonds is 37. The molecule has 1 aliphatic rings. The highest BCUT2D eigenvalue weighted by atomic mass is 32.1. The number of carbonyl (C=O) groups is 13. The van der Waals surface area contributed by atoms with Crippen molar-refractivity contribution in [3.05, 3.63) is 48.0 Å². The Balaban J connectivity index is 1.69. The first-order chi connectivity index (χ1) is 40.8. The summed E-state index contributed by atoms with van der Waals surface area (Å²) in [5.41, 5.74) is 17.6. The molecule has 0 bridgehead atoms. The molecule has 11 atom stereocenters. The van der Waals surface area contributed by atoms with Crippen molar-refractivity contribution in [3.63, 3.8) is 0 Å². The number of hydrogen-bond acceptors (Lipinski definition) is 22. The van der Waals surface area contributed by atoms with Gasteiger partial charge in [0.1, 0.15) is 66.2 Å². The van der Waals surface area contributed by atoms with Gasteiger partial charge in [-0.15, -0.1) is 0 Å². The van der Waals surface area contributed by atoms with Crippen molar-refractivity contribution in [2.45, 2.75) is 125 Å². The molecule has 2 heterocycles. The lowest BCUT2D eigenvalue weighted by Crippen LogP contribution is -2.60. The average molecular weight is 1290 g/mol. The number of aliphatic carboxylic acids is 1. The number of amides is 12. The number of aliphatic hydroxyl groups is 1. The predicted molar refractivity (Wildman–Crippen MR) is 320 cm³/mol. The second-order valence-electron chi connectivity index (χ2n) is 19.6. The van der Waals surface area contributed by atoms with Gasteiger partial charge in [-0.25, -0.2) is 9.78 Å². The molecule has 3 rings (SSSR count). The number of imidazole rings is 1. The molecule has 20 N–H and O–H groups in total. The van der Waals surface area contributed by atoms with Gasteiger partial charge in [-0.1, -0.05) is 12.1 Å². The summed E-state index contributed by atoms with van der Waals surface area (Å²) in [6.45, 7) is -0.237. The number of aromatic nitrogens is 2. The fourth-order valence-corrected chi connectivity index (χ4v) is 9.19. The Morgan fingerprint density at radius 2 is 1.21 bits per heavy atom. The van der Waals surface area contributed by atoms with Gasteiger partial charge in [0, 0.05) is 48.6 Å². The number of unbranched alkanes of at least 4 members (excludes halogenated alkanes) is 1. The summed E-state index contributed by atoms with van der Waals surface area (Å²) in [4.78, 5) is 180. The van der Waals surface area contributed by atoms with Crippen LogP contribution in [0.2, 0.25) is 0 Å². The maximum atomic E-state index is 14.1. The quantitative estimate of drug-likeness (QED) is 0.0221. The predicted octanol–water partition coefficient (Wildman–Crippen LogP) is -7.48. The van der Waals surface area contributed by atoms with Gasteiger partial charge < -0.3 is 95.6 Å². The van der Waals surface area contributed by atoms with Crippen molar-refractivity contribution in [2.24, 2.45) is 17.2 Å². The Bertz CT molecular complexity index is 2680. The number of benzene rings is 1. The Kier molecular flexibility index (Phi) is 31.6. The van der Waals surface area contributed by atoms with Gasteiger partial charge in [0.2, 0.25) is 70.9 Å². The van der Waals surface area contributed by atoms with E-state index in [0.29, 0.717) is 24.1 Å². The zero-order chi connectivity index (χ0) is 64.2. The fraction of sp³-hybridized carbons (Fsp3) is 0.560. The maximum Gasteiger partial charge on any atom is 0.327 e. The molecule has 36 heteroatoms. The van der Waals surface area contributed by atoms with E-state index in [4.69, 9.17) is 17.2 Å². The Labute approximate surface area is 515 Å². The van der Waals surface area contributed by atoms with Crippen LogP contribution in [0.25, 0.3) is 0 Å². The molecule has 2 aromatic rings. The molecule has 1 aromatic carbocycles. The molecule has 0 radical (unpaired) electrons. The highest BCUT2D eigenvalue weighted by Crippen LogP contribution is 2.20. The highest BCUT2D eigenvalue weighted by Gasteiger charge is 2.40. The second-order valence-corrected chi connectivity index (χ2v) is 21.1. The zero-order valence-corrected chi connectivity index (χ0v) is 50.3. The van der Waals surface area contributed by atoms with E-state index in [1.807, 2.05) is 0 Å². The van der Waals surface area contributed by atoms with Crippen molar-refractivity contribution >= 4 is 127 Å². The SMILES string of the molecule is C[C@H](NC(=O)[C@@H]1CCCN1C(=O)[C@H](Cc1c[nH]cn1)NC(=O)[C@H](CS)NC(=O)[C@@H](N)CS)C(=O)N[C@@H](CS)C(=O)NCC(=O)N[C@@H](CCCCN)C(=O)N[C@@H](CC(N)=O)C(=O)N[C@@H](Cc1ccc(O)cc1)C(=O)N[C@@H](CO)C(=O)N[C@@H](CS)C(=O)O. The van der Waals surface area contributed by atoms with Crippen molar-refractivity contribution < 1.29 is 77.6 Å². The van der Waals surface area contributed by atoms with Crippen molar-refractivity contribution in [3.8, 4) is 5.75 Å². The maximum absolute atomic E-state index is 14.1. The van der Waals surface area contributed by atoms with Crippen LogP contribution in [0.4, 0.5) is 0 Å². The van der Waals surface area contributed by atoms with Crippen molar-refractivity contribution in [1.82, 2.24) is 68.0 Å². The number of hydrogen-bond donors (Lipinski definition) is 21. The van der Waals surface area contributed by atoms with E-state index < -0.39 is 163 Å². The Morgan fingerprint density at radius 3 is 1.79 bits per heavy atom. The average Bonchev–Trinajstić information content (AvgIpc) is 3.94. The second kappa shape index (κ2) is 37.2. The third kappa shape index (κ3) is 23.8. The van der Waals surface area contributed by atoms with Crippen LogP contribution in [-0.2, 0) is 75.2 Å². The first-order valence-corrected chi connectivity index (χ1v) is 29.4. The number of H-pyrrole nitrogens is 1. The molecular weight excluding hydrogens is 1210 g/mol. The lowest BCUT2D eigenvalue weighted by atomic mass is 10.0. The molecule has 12 amide bonds. The van der Waals surface area contributed by atoms with E-state index in [1.54, 1.807) is 0 Å². The number of phenols is 1. The largest absolute Gasteiger partial charge is 0.508 e. The van der Waals surface area contributed by atoms with E-state index >= 15 is 0 Å². The number of carboxylic acids is 1. The molecular formula is C50H76N16O16S4. The first-order valence-electron chi connectivity index (χ1n) is 26.9. The monoisotopic (exact) mass is 1280 g/mol. The van der Waals surface area contributed by atoms with E-state index in [9.17, 15) is 77.6 Å². The minimum absolute atomic E-state index is 0.00979. The topological polar surface area (TPSA) is 513 Å². The van der Waals surface area contributed by atoms with Crippen LogP contribution in [0.3, 0.4) is 0 Å². The molecule has 1 saturated heterocycles. The molecule has 476 valence electrons. The van der Waals surface area contributed by atoms with Crippen molar-refractivity contribution in [2.75, 3.05) is 49.3 Å². The van der Waals surface area contributed by atoms with E-state index in [0.717, 1.165) is 0 Å². The molecule has 0 aliphatic carbocycles. The summed E-state index contributed by atoms with van der Waals surface area (Å²) < 4.78 is 0. The number of likely N-dealkylation sites (tertiary alicyclic amines) is 1. The number of nitrogens with two attached hydrogens (primary N) is 3. The zero-order valence-electron chi connectivity index (χ0n) is 46.7. The van der Waals surface area contributed by atoms with E-state index in [1.165, 1.54) is 48.6 Å². The van der Waals surface area contributed by atoms with Gasteiger partial charge in [0.15, 0.2) is 0 Å². The standard InChI is InChI=1S/C50H76N16O16S4/c1-24(57-48(79)37-6-4-12-66(37)49(80)32(14-26-16-54-23-56-26)61-47(78)35(21-85)64-41(72)28(52)19-83)40(71)63-34(20-84)42(73)55-17-39(70)58-29(5-2-3-11-51)43(74)60-31(15-38(53)69)45(76)59-30(13-25-7-9-27(68)10-8-25)44(75)62-33(18-67)46(77)65-36(22-86)50(81)82/h7-10,16,23-24,28-37,67-68,83-86H,2-6,11-15,17-22,51-52H2,1H3,(H2,53,69)(H,54,56)(H,55,73)(H,57,79)(H,58,70)(H,59,76)(H,60,74)(H,61,78)(H,62,75)(H,63,71)(H,64,72)(H,65,77)(H,81,82)/t24-,28-,29-,30-,31-,32-,33-,34-,35-,36-,37-/m0/s1. The lowest BCUT2D eigenvalue weighted by molar-refractivity contribution is -0.142. The minimum atomic E-state index is -1.81. The molecule has 32 nitrogen and oxygen atoms in total. The van der Waals surface area contributed by atoms with Gasteiger partial charge in [-0.3, -0.25) is 57.5 Å². The van der Waals surface area contributed by atoms with Crippen LogP contribution in [0.5, 0.6) is 5.75 Å². The van der Waals surface area contributed by atoms with Crippen LogP contribution in [0, 0.1) is 0 Å². The highest BCUT2D eigenvalue weighted by molar-refractivity contribution is 7.80. The molecule has 0 saturated carbocycles. The first kappa shape index (κ1) is 72.9. The number of phenolic OH excluding ortho intramolecular Hbond substituents is 1. The summed E-state index contributed by atoms with van der Waals surface area (Å²) in [7, 11) is 0. The van der Waals surface area contributed by atoms with Crippen LogP contribution in [-0.4, -0.2) is 223 Å². The van der Waals surface area contributed by atoms with E-state index in [2.05, 4.69) is 114 Å². The number of carboxylic acid groups (broad SMARTS) is 1. The van der Waals surface area contributed by atoms with Gasteiger partial charge >= 0.3 is 5.97 Å². The smallest absolute Gasteiger partial charge is 0.327 e. The third-order valence-electron chi connectivity index (χ3n) is 13.0. The minimum Gasteiger partial charge on any atom is -0.508 e. The molecule has 0 spiro atoms. The Morgan fingerprint density at radius 1 is 0.663 bits per heavy atom. The van der Waals surface area contributed by atoms with Gasteiger partial charge in [-0.2, -0.15) is 50.5 Å². The van der Waals surface area contributed by atoms with E-state index in [-0.39, 0.29) is 74.0 Å². The summed E-state index contributed by atoms with van der Waals surface area (Å²) in [5, 5.41) is 53.0. The number of aromatic hydroxyl groups is 1. The molecule has 1 aliphatic heterocycles. The lowest BCUT2D eigenvalue weighted by Gasteiger charge is -2.30. The Hall–Kier alpha value is -7.38. The number of nitrogens with zero attached hydrogens (tertiary/aromatic N) is 2.